The van der Waals surface area contributed by atoms with Crippen molar-refractivity contribution < 1.29 is 0 Å². The summed E-state index contributed by atoms with van der Waals surface area (Å²) in [5.74, 6) is 1.02. The summed E-state index contributed by atoms with van der Waals surface area (Å²) in [6, 6.07) is 4.08. The Morgan fingerprint density at radius 2 is 2.20 bits per heavy atom. The Morgan fingerprint density at radius 3 is 2.87 bits per heavy atom. The summed E-state index contributed by atoms with van der Waals surface area (Å²) >= 11 is 2.18. The van der Waals surface area contributed by atoms with E-state index in [1.54, 1.807) is 0 Å². The predicted molar refractivity (Wildman–Crippen MR) is 66.9 cm³/mol. The summed E-state index contributed by atoms with van der Waals surface area (Å²) in [5, 5.41) is 11.9. The molecule has 1 saturated carbocycles. The van der Waals surface area contributed by atoms with Crippen LogP contribution in [-0.2, 0) is 0 Å². The lowest BCUT2D eigenvalue weighted by molar-refractivity contribution is 0.439. The Labute approximate surface area is 103 Å². The molecule has 4 nitrogen and oxygen atoms in total. The standard InChI is InChI=1S/C10H13IN4/c11-8-1-2-9(14-13-8)15-6-5-12-10(7-15)3-4-10/h1-2,12H,3-7H2. The van der Waals surface area contributed by atoms with E-state index in [-0.39, 0.29) is 0 Å². The molecular formula is C10H13IN4. The highest BCUT2D eigenvalue weighted by atomic mass is 127. The van der Waals surface area contributed by atoms with Gasteiger partial charge in [0.05, 0.1) is 0 Å². The number of hydrogen-bond donors (Lipinski definition) is 1. The molecule has 1 saturated heterocycles. The molecule has 15 heavy (non-hydrogen) atoms. The fourth-order valence-corrected chi connectivity index (χ4v) is 2.40. The van der Waals surface area contributed by atoms with Crippen LogP contribution in [0, 0.1) is 3.70 Å². The minimum Gasteiger partial charge on any atom is -0.352 e. The van der Waals surface area contributed by atoms with Gasteiger partial charge in [-0.05, 0) is 47.6 Å². The molecule has 0 unspecified atom stereocenters. The molecule has 2 fully saturated rings. The number of hydrogen-bond acceptors (Lipinski definition) is 4. The Balaban J connectivity index is 1.78. The number of anilines is 1. The summed E-state index contributed by atoms with van der Waals surface area (Å²) in [4.78, 5) is 2.34. The first-order chi connectivity index (χ1) is 7.27. The molecule has 2 heterocycles. The van der Waals surface area contributed by atoms with Gasteiger partial charge in [-0.25, -0.2) is 0 Å². The van der Waals surface area contributed by atoms with Gasteiger partial charge in [0.2, 0.25) is 0 Å². The van der Waals surface area contributed by atoms with Gasteiger partial charge in [-0.3, -0.25) is 0 Å². The van der Waals surface area contributed by atoms with Gasteiger partial charge in [-0.1, -0.05) is 0 Å². The van der Waals surface area contributed by atoms with Gasteiger partial charge in [0.25, 0.3) is 0 Å². The third kappa shape index (κ3) is 1.94. The Morgan fingerprint density at radius 1 is 1.33 bits per heavy atom. The van der Waals surface area contributed by atoms with Crippen molar-refractivity contribution in [1.29, 1.82) is 0 Å². The summed E-state index contributed by atoms with van der Waals surface area (Å²) < 4.78 is 0.951. The lowest BCUT2D eigenvalue weighted by Gasteiger charge is -2.34. The maximum absolute atomic E-state index is 4.24. The Kier molecular flexibility index (Phi) is 2.31. The highest BCUT2D eigenvalue weighted by Crippen LogP contribution is 2.38. The minimum absolute atomic E-state index is 0.406. The van der Waals surface area contributed by atoms with E-state index in [1.807, 2.05) is 6.07 Å². The van der Waals surface area contributed by atoms with Crippen LogP contribution in [-0.4, -0.2) is 35.4 Å². The molecule has 80 valence electrons. The van der Waals surface area contributed by atoms with Gasteiger partial charge in [0, 0.05) is 25.2 Å². The molecule has 1 aromatic heterocycles. The molecule has 0 radical (unpaired) electrons. The first kappa shape index (κ1) is 9.77. The highest BCUT2D eigenvalue weighted by molar-refractivity contribution is 14.1. The van der Waals surface area contributed by atoms with Crippen molar-refractivity contribution in [2.45, 2.75) is 18.4 Å². The number of halogens is 1. The van der Waals surface area contributed by atoms with Gasteiger partial charge in [0.1, 0.15) is 3.70 Å². The third-order valence-electron chi connectivity index (χ3n) is 3.17. The number of rotatable bonds is 1. The third-order valence-corrected chi connectivity index (χ3v) is 3.75. The van der Waals surface area contributed by atoms with Crippen LogP contribution in [0.5, 0.6) is 0 Å². The van der Waals surface area contributed by atoms with Crippen LogP contribution in [0.4, 0.5) is 5.82 Å². The Hall–Kier alpha value is -0.430. The van der Waals surface area contributed by atoms with Crippen molar-refractivity contribution in [3.63, 3.8) is 0 Å². The summed E-state index contributed by atoms with van der Waals surface area (Å²) in [6.45, 7) is 3.19. The molecule has 5 heteroatoms. The van der Waals surface area contributed by atoms with Gasteiger partial charge in [0.15, 0.2) is 5.82 Å². The van der Waals surface area contributed by atoms with Gasteiger partial charge >= 0.3 is 0 Å². The zero-order chi connectivity index (χ0) is 10.3. The van der Waals surface area contributed by atoms with E-state index < -0.39 is 0 Å². The van der Waals surface area contributed by atoms with Crippen molar-refractivity contribution in [3.05, 3.63) is 15.8 Å². The average Bonchev–Trinajstić information content (AvgIpc) is 2.99. The van der Waals surface area contributed by atoms with Crippen molar-refractivity contribution in [2.75, 3.05) is 24.5 Å². The number of nitrogens with one attached hydrogen (secondary N) is 1. The van der Waals surface area contributed by atoms with Gasteiger partial charge in [-0.15, -0.1) is 10.2 Å². The van der Waals surface area contributed by atoms with E-state index in [4.69, 9.17) is 0 Å². The zero-order valence-electron chi connectivity index (χ0n) is 8.41. The lowest BCUT2D eigenvalue weighted by Crippen LogP contribution is -2.52. The molecule has 2 aliphatic rings. The molecule has 1 aliphatic heterocycles. The van der Waals surface area contributed by atoms with E-state index in [2.05, 4.69) is 49.1 Å². The molecule has 1 spiro atoms. The number of piperazine rings is 1. The van der Waals surface area contributed by atoms with E-state index in [9.17, 15) is 0 Å². The molecule has 0 amide bonds. The highest BCUT2D eigenvalue weighted by Gasteiger charge is 2.45. The monoisotopic (exact) mass is 316 g/mol. The van der Waals surface area contributed by atoms with Gasteiger partial charge in [-0.2, -0.15) is 0 Å². The lowest BCUT2D eigenvalue weighted by atomic mass is 10.2. The summed E-state index contributed by atoms with van der Waals surface area (Å²) in [7, 11) is 0. The number of nitrogens with zero attached hydrogens (tertiary/aromatic N) is 3. The second kappa shape index (κ2) is 3.55. The van der Waals surface area contributed by atoms with Crippen molar-refractivity contribution in [3.8, 4) is 0 Å². The van der Waals surface area contributed by atoms with E-state index >= 15 is 0 Å². The topological polar surface area (TPSA) is 41.0 Å². The van der Waals surface area contributed by atoms with Crippen molar-refractivity contribution in [1.82, 2.24) is 15.5 Å². The van der Waals surface area contributed by atoms with Gasteiger partial charge < -0.3 is 10.2 Å². The summed E-state index contributed by atoms with van der Waals surface area (Å²) in [6.07, 6.45) is 2.61. The quantitative estimate of drug-likeness (QED) is 0.786. The van der Waals surface area contributed by atoms with E-state index in [0.717, 1.165) is 29.2 Å². The normalized spacial score (nSPS) is 23.1. The smallest absolute Gasteiger partial charge is 0.151 e. The molecule has 1 aromatic rings. The number of aromatic nitrogens is 2. The first-order valence-corrected chi connectivity index (χ1v) is 6.35. The van der Waals surface area contributed by atoms with E-state index in [0.29, 0.717) is 5.54 Å². The molecule has 0 bridgehead atoms. The fourth-order valence-electron chi connectivity index (χ4n) is 2.12. The molecule has 3 rings (SSSR count). The first-order valence-electron chi connectivity index (χ1n) is 5.27. The predicted octanol–water partition coefficient (Wildman–Crippen LogP) is 1.02. The van der Waals surface area contributed by atoms with Crippen molar-refractivity contribution in [2.24, 2.45) is 0 Å². The maximum atomic E-state index is 4.24. The fraction of sp³-hybridized carbons (Fsp3) is 0.600. The minimum atomic E-state index is 0.406. The SMILES string of the molecule is Ic1ccc(N2CCNC3(CC3)C2)nn1. The van der Waals surface area contributed by atoms with Crippen LogP contribution in [0.25, 0.3) is 0 Å². The van der Waals surface area contributed by atoms with Crippen LogP contribution in [0.3, 0.4) is 0 Å². The molecule has 0 atom stereocenters. The second-order valence-corrected chi connectivity index (χ2v) is 5.45. The molecular weight excluding hydrogens is 303 g/mol. The largest absolute Gasteiger partial charge is 0.352 e. The summed E-state index contributed by atoms with van der Waals surface area (Å²) in [5.41, 5.74) is 0.406. The van der Waals surface area contributed by atoms with Crippen molar-refractivity contribution >= 4 is 28.4 Å². The average molecular weight is 316 g/mol. The second-order valence-electron chi connectivity index (χ2n) is 4.34. The molecule has 1 aliphatic carbocycles. The molecule has 0 aromatic carbocycles. The van der Waals surface area contributed by atoms with Crippen LogP contribution in [0.15, 0.2) is 12.1 Å². The van der Waals surface area contributed by atoms with Crippen LogP contribution in [0.1, 0.15) is 12.8 Å². The zero-order valence-corrected chi connectivity index (χ0v) is 10.6. The Bertz CT molecular complexity index is 360. The van der Waals surface area contributed by atoms with Crippen LogP contribution >= 0.6 is 22.6 Å². The van der Waals surface area contributed by atoms with Crippen LogP contribution < -0.4 is 10.2 Å². The van der Waals surface area contributed by atoms with E-state index in [1.165, 1.54) is 12.8 Å². The maximum Gasteiger partial charge on any atom is 0.151 e. The van der Waals surface area contributed by atoms with Crippen LogP contribution in [0.2, 0.25) is 0 Å². The molecule has 1 N–H and O–H groups in total.